The molecule has 1 saturated carbocycles. The number of methoxy groups -OCH3 is 1. The van der Waals surface area contributed by atoms with E-state index in [2.05, 4.69) is 5.16 Å². The molecular formula is C20H24N2O5. The Morgan fingerprint density at radius 3 is 2.74 bits per heavy atom. The molecule has 1 fully saturated rings. The fraction of sp³-hybridized carbons (Fsp3) is 0.450. The summed E-state index contributed by atoms with van der Waals surface area (Å²) in [5.41, 5.74) is 1.48. The number of para-hydroxylation sites is 1. The van der Waals surface area contributed by atoms with Crippen molar-refractivity contribution in [2.75, 3.05) is 13.7 Å². The number of aromatic nitrogens is 1. The van der Waals surface area contributed by atoms with E-state index in [1.165, 1.54) is 0 Å². The summed E-state index contributed by atoms with van der Waals surface area (Å²) >= 11 is 0. The van der Waals surface area contributed by atoms with Gasteiger partial charge < -0.3 is 18.9 Å². The lowest BCUT2D eigenvalue weighted by atomic mass is 10.1. The summed E-state index contributed by atoms with van der Waals surface area (Å²) in [6, 6.07) is 9.57. The minimum Gasteiger partial charge on any atom is -0.496 e. The highest BCUT2D eigenvalue weighted by molar-refractivity contribution is 5.81. The van der Waals surface area contributed by atoms with E-state index < -0.39 is 0 Å². The van der Waals surface area contributed by atoms with Gasteiger partial charge >= 0.3 is 5.97 Å². The van der Waals surface area contributed by atoms with Crippen molar-refractivity contribution in [3.63, 3.8) is 0 Å². The maximum atomic E-state index is 12.6. The number of benzene rings is 1. The van der Waals surface area contributed by atoms with Crippen molar-refractivity contribution in [1.82, 2.24) is 10.1 Å². The van der Waals surface area contributed by atoms with Gasteiger partial charge in [-0.3, -0.25) is 9.59 Å². The predicted octanol–water partition coefficient (Wildman–Crippen LogP) is 3.18. The molecule has 1 aliphatic rings. The van der Waals surface area contributed by atoms with Crippen LogP contribution in [0.4, 0.5) is 0 Å². The second-order valence-corrected chi connectivity index (χ2v) is 6.44. The Labute approximate surface area is 158 Å². The van der Waals surface area contributed by atoms with Crippen LogP contribution in [0.5, 0.6) is 5.75 Å². The van der Waals surface area contributed by atoms with Gasteiger partial charge in [0.05, 0.1) is 32.2 Å². The van der Waals surface area contributed by atoms with Crippen molar-refractivity contribution < 1.29 is 23.6 Å². The Hall–Kier alpha value is -2.83. The molecule has 144 valence electrons. The lowest BCUT2D eigenvalue weighted by molar-refractivity contribution is -0.146. The number of carbonyl (C=O) groups excluding carboxylic acids is 2. The largest absolute Gasteiger partial charge is 0.496 e. The van der Waals surface area contributed by atoms with Gasteiger partial charge in [-0.1, -0.05) is 17.3 Å². The number of rotatable bonds is 9. The molecule has 2 aromatic rings. The van der Waals surface area contributed by atoms with Crippen molar-refractivity contribution in [2.24, 2.45) is 0 Å². The summed E-state index contributed by atoms with van der Waals surface area (Å²) in [5, 5.41) is 4.11. The standard InChI is InChI=1S/C20H24N2O5/c1-3-26-20(24)11-10-19(23)22(15-8-9-15)13-14-12-18(27-21-14)16-6-4-5-7-17(16)25-2/h4-7,12,15H,3,8-11,13H2,1-2H3. The van der Waals surface area contributed by atoms with Gasteiger partial charge in [0.15, 0.2) is 5.76 Å². The zero-order valence-corrected chi connectivity index (χ0v) is 15.6. The lowest BCUT2D eigenvalue weighted by Crippen LogP contribution is -2.33. The highest BCUT2D eigenvalue weighted by Crippen LogP contribution is 2.32. The Bertz CT molecular complexity index is 797. The van der Waals surface area contributed by atoms with E-state index in [1.54, 1.807) is 18.9 Å². The molecular weight excluding hydrogens is 348 g/mol. The smallest absolute Gasteiger partial charge is 0.306 e. The second kappa shape index (κ2) is 8.70. The number of hydrogen-bond acceptors (Lipinski definition) is 6. The molecule has 27 heavy (non-hydrogen) atoms. The Morgan fingerprint density at radius 2 is 2.04 bits per heavy atom. The van der Waals surface area contributed by atoms with Crippen LogP contribution in [-0.2, 0) is 20.9 Å². The highest BCUT2D eigenvalue weighted by atomic mass is 16.5. The summed E-state index contributed by atoms with van der Waals surface area (Å²) in [4.78, 5) is 25.8. The van der Waals surface area contributed by atoms with Gasteiger partial charge in [-0.2, -0.15) is 0 Å². The van der Waals surface area contributed by atoms with Gasteiger partial charge in [0, 0.05) is 18.5 Å². The second-order valence-electron chi connectivity index (χ2n) is 6.44. The first-order valence-electron chi connectivity index (χ1n) is 9.16. The quantitative estimate of drug-likeness (QED) is 0.629. The van der Waals surface area contributed by atoms with Crippen LogP contribution in [0.3, 0.4) is 0 Å². The SMILES string of the molecule is CCOC(=O)CCC(=O)N(Cc1cc(-c2ccccc2OC)on1)C1CC1. The number of amides is 1. The third-order valence-corrected chi connectivity index (χ3v) is 4.42. The molecule has 0 saturated heterocycles. The molecule has 0 N–H and O–H groups in total. The molecule has 0 spiro atoms. The fourth-order valence-electron chi connectivity index (χ4n) is 2.93. The minimum absolute atomic E-state index is 0.0626. The van der Waals surface area contributed by atoms with E-state index in [0.29, 0.717) is 30.4 Å². The van der Waals surface area contributed by atoms with E-state index in [4.69, 9.17) is 14.0 Å². The van der Waals surface area contributed by atoms with Crippen LogP contribution in [0.15, 0.2) is 34.9 Å². The normalized spacial score (nSPS) is 13.3. The molecule has 7 nitrogen and oxygen atoms in total. The first kappa shape index (κ1) is 18.9. The van der Waals surface area contributed by atoms with Crippen molar-refractivity contribution in [3.8, 4) is 17.1 Å². The van der Waals surface area contributed by atoms with Crippen molar-refractivity contribution in [3.05, 3.63) is 36.0 Å². The first-order valence-corrected chi connectivity index (χ1v) is 9.16. The molecule has 1 aromatic carbocycles. The molecule has 1 aliphatic carbocycles. The predicted molar refractivity (Wildman–Crippen MR) is 97.9 cm³/mol. The van der Waals surface area contributed by atoms with E-state index in [0.717, 1.165) is 18.4 Å². The molecule has 0 unspecified atom stereocenters. The van der Waals surface area contributed by atoms with E-state index >= 15 is 0 Å². The van der Waals surface area contributed by atoms with Crippen molar-refractivity contribution in [1.29, 1.82) is 0 Å². The maximum Gasteiger partial charge on any atom is 0.306 e. The zero-order chi connectivity index (χ0) is 19.2. The Balaban J connectivity index is 1.66. The van der Waals surface area contributed by atoms with Crippen LogP contribution in [0, 0.1) is 0 Å². The average Bonchev–Trinajstić information content (AvgIpc) is 3.42. The molecule has 3 rings (SSSR count). The molecule has 1 amide bonds. The van der Waals surface area contributed by atoms with Crippen molar-refractivity contribution in [2.45, 2.75) is 45.2 Å². The molecule has 0 atom stereocenters. The first-order chi connectivity index (χ1) is 13.1. The summed E-state index contributed by atoms with van der Waals surface area (Å²) in [5.74, 6) is 0.885. The minimum atomic E-state index is -0.346. The van der Waals surface area contributed by atoms with Gasteiger partial charge in [0.2, 0.25) is 5.91 Å². The number of esters is 1. The zero-order valence-electron chi connectivity index (χ0n) is 15.6. The molecule has 0 radical (unpaired) electrons. The van der Waals surface area contributed by atoms with Gasteiger partial charge in [0.1, 0.15) is 11.4 Å². The topological polar surface area (TPSA) is 81.9 Å². The molecule has 1 heterocycles. The number of carbonyl (C=O) groups is 2. The number of nitrogens with zero attached hydrogens (tertiary/aromatic N) is 2. The fourth-order valence-corrected chi connectivity index (χ4v) is 2.93. The van der Waals surface area contributed by atoms with Crippen LogP contribution in [-0.4, -0.2) is 41.7 Å². The Morgan fingerprint density at radius 1 is 1.26 bits per heavy atom. The van der Waals surface area contributed by atoms with Crippen LogP contribution in [0.2, 0.25) is 0 Å². The molecule has 1 aromatic heterocycles. The average molecular weight is 372 g/mol. The van der Waals surface area contributed by atoms with Crippen molar-refractivity contribution >= 4 is 11.9 Å². The third kappa shape index (κ3) is 4.87. The van der Waals surface area contributed by atoms with E-state index in [-0.39, 0.29) is 30.8 Å². The van der Waals surface area contributed by atoms with Gasteiger partial charge in [-0.25, -0.2) is 0 Å². The number of ether oxygens (including phenoxy) is 2. The van der Waals surface area contributed by atoms with Gasteiger partial charge in [-0.15, -0.1) is 0 Å². The lowest BCUT2D eigenvalue weighted by Gasteiger charge is -2.21. The van der Waals surface area contributed by atoms with E-state index in [9.17, 15) is 9.59 Å². The summed E-state index contributed by atoms with van der Waals surface area (Å²) in [6.45, 7) is 2.44. The van der Waals surface area contributed by atoms with Crippen LogP contribution >= 0.6 is 0 Å². The summed E-state index contributed by atoms with van der Waals surface area (Å²) in [7, 11) is 1.60. The monoisotopic (exact) mass is 372 g/mol. The maximum absolute atomic E-state index is 12.6. The van der Waals surface area contributed by atoms with Gasteiger partial charge in [0.25, 0.3) is 0 Å². The molecule has 0 aliphatic heterocycles. The molecule has 0 bridgehead atoms. The van der Waals surface area contributed by atoms with Crippen LogP contribution < -0.4 is 4.74 Å². The number of hydrogen-bond donors (Lipinski definition) is 0. The summed E-state index contributed by atoms with van der Waals surface area (Å²) in [6.07, 6.45) is 2.19. The van der Waals surface area contributed by atoms with Crippen LogP contribution in [0.1, 0.15) is 38.3 Å². The van der Waals surface area contributed by atoms with Gasteiger partial charge in [-0.05, 0) is 31.9 Å². The Kier molecular flexibility index (Phi) is 6.11. The van der Waals surface area contributed by atoms with Crippen LogP contribution in [0.25, 0.3) is 11.3 Å². The van der Waals surface area contributed by atoms with E-state index in [1.807, 2.05) is 30.3 Å². The third-order valence-electron chi connectivity index (χ3n) is 4.42. The molecule has 7 heteroatoms. The highest BCUT2D eigenvalue weighted by Gasteiger charge is 2.33. The summed E-state index contributed by atoms with van der Waals surface area (Å²) < 4.78 is 15.7.